The first-order valence-electron chi connectivity index (χ1n) is 9.59. The minimum Gasteiger partial charge on any atom is -0.351 e. The molecule has 1 saturated heterocycles. The largest absolute Gasteiger partial charge is 0.351 e. The Kier molecular flexibility index (Phi) is 5.86. The molecule has 0 bridgehead atoms. The second-order valence-corrected chi connectivity index (χ2v) is 9.07. The van der Waals surface area contributed by atoms with E-state index in [1.165, 1.54) is 33.2 Å². The Morgan fingerprint density at radius 3 is 2.66 bits per heavy atom. The molecule has 0 radical (unpaired) electrons. The van der Waals surface area contributed by atoms with Crippen molar-refractivity contribution in [2.75, 3.05) is 23.7 Å². The van der Waals surface area contributed by atoms with Crippen molar-refractivity contribution in [3.8, 4) is 0 Å². The smallest absolute Gasteiger partial charge is 0.273 e. The molecule has 7 nitrogen and oxygen atoms in total. The number of benzene rings is 1. The van der Waals surface area contributed by atoms with Crippen molar-refractivity contribution in [3.05, 3.63) is 45.7 Å². The number of fused-ring (bicyclic) bond motifs is 1. The van der Waals surface area contributed by atoms with Crippen LogP contribution in [0, 0.1) is 6.92 Å². The van der Waals surface area contributed by atoms with Gasteiger partial charge in [-0.25, -0.2) is 4.98 Å². The van der Waals surface area contributed by atoms with Gasteiger partial charge in [0, 0.05) is 26.7 Å². The Hall–Kier alpha value is -2.39. The standard InChI is InChI=1S/C20H23N5O2S2/c1-13-5-7-14(8-6-13)11-21-15(26)12-28-19-22-17-16(18(27)24(19)2)29-20(23-17)25-9-3-4-10-25/h5-8H,3-4,9-12H2,1-2H3,(H,21,26). The van der Waals surface area contributed by atoms with Crippen LogP contribution in [0.15, 0.2) is 34.2 Å². The molecule has 3 aromatic rings. The van der Waals surface area contributed by atoms with Gasteiger partial charge in [0.05, 0.1) is 5.75 Å². The van der Waals surface area contributed by atoms with Gasteiger partial charge in [-0.05, 0) is 25.3 Å². The van der Waals surface area contributed by atoms with Crippen molar-refractivity contribution < 1.29 is 4.79 Å². The molecule has 0 atom stereocenters. The molecule has 0 aliphatic carbocycles. The minimum atomic E-state index is -0.111. The Morgan fingerprint density at radius 2 is 1.93 bits per heavy atom. The van der Waals surface area contributed by atoms with Gasteiger partial charge in [0.2, 0.25) is 5.91 Å². The summed E-state index contributed by atoms with van der Waals surface area (Å²) in [6, 6.07) is 8.05. The summed E-state index contributed by atoms with van der Waals surface area (Å²) in [7, 11) is 1.69. The van der Waals surface area contributed by atoms with E-state index in [0.29, 0.717) is 22.0 Å². The molecule has 0 spiro atoms. The third-order valence-corrected chi connectivity index (χ3v) is 7.03. The van der Waals surface area contributed by atoms with E-state index in [-0.39, 0.29) is 17.2 Å². The molecule has 152 valence electrons. The number of aromatic nitrogens is 3. The monoisotopic (exact) mass is 429 g/mol. The van der Waals surface area contributed by atoms with Crippen molar-refractivity contribution in [3.63, 3.8) is 0 Å². The van der Waals surface area contributed by atoms with Crippen LogP contribution in [-0.2, 0) is 18.4 Å². The van der Waals surface area contributed by atoms with Crippen LogP contribution in [0.25, 0.3) is 10.3 Å². The molecule has 1 aliphatic rings. The SMILES string of the molecule is Cc1ccc(CNC(=O)CSc2nc3nc(N4CCCC4)sc3c(=O)n2C)cc1. The Labute approximate surface area is 177 Å². The molecule has 1 N–H and O–H groups in total. The van der Waals surface area contributed by atoms with Gasteiger partial charge in [-0.15, -0.1) is 0 Å². The van der Waals surface area contributed by atoms with Gasteiger partial charge in [-0.3, -0.25) is 14.2 Å². The van der Waals surface area contributed by atoms with Crippen LogP contribution in [-0.4, -0.2) is 39.3 Å². The summed E-state index contributed by atoms with van der Waals surface area (Å²) in [6.07, 6.45) is 2.31. The van der Waals surface area contributed by atoms with E-state index < -0.39 is 0 Å². The van der Waals surface area contributed by atoms with Gasteiger partial charge in [0.1, 0.15) is 4.70 Å². The molecule has 0 saturated carbocycles. The molecule has 1 amide bonds. The first kappa shape index (κ1) is 19.9. The summed E-state index contributed by atoms with van der Waals surface area (Å²) in [5, 5.41) is 4.27. The first-order valence-corrected chi connectivity index (χ1v) is 11.4. The zero-order valence-electron chi connectivity index (χ0n) is 16.5. The van der Waals surface area contributed by atoms with E-state index in [4.69, 9.17) is 0 Å². The number of nitrogens with zero attached hydrogens (tertiary/aromatic N) is 4. The Balaban J connectivity index is 1.43. The van der Waals surface area contributed by atoms with E-state index in [2.05, 4.69) is 20.2 Å². The summed E-state index contributed by atoms with van der Waals surface area (Å²) in [5.41, 5.74) is 2.61. The highest BCUT2D eigenvalue weighted by atomic mass is 32.2. The number of thiazole rings is 1. The number of thioether (sulfide) groups is 1. The lowest BCUT2D eigenvalue weighted by Crippen LogP contribution is -2.25. The average Bonchev–Trinajstić information content (AvgIpc) is 3.39. The van der Waals surface area contributed by atoms with Crippen molar-refractivity contribution in [1.82, 2.24) is 19.9 Å². The molecule has 4 rings (SSSR count). The summed E-state index contributed by atoms with van der Waals surface area (Å²) < 4.78 is 2.08. The molecule has 2 aromatic heterocycles. The summed E-state index contributed by atoms with van der Waals surface area (Å²) >= 11 is 2.66. The van der Waals surface area contributed by atoms with Gasteiger partial charge in [0.25, 0.3) is 5.56 Å². The quantitative estimate of drug-likeness (QED) is 0.479. The minimum absolute atomic E-state index is 0.0963. The number of amides is 1. The first-order chi connectivity index (χ1) is 14.0. The second-order valence-electron chi connectivity index (χ2n) is 7.15. The van der Waals surface area contributed by atoms with Crippen molar-refractivity contribution in [2.45, 2.75) is 31.5 Å². The van der Waals surface area contributed by atoms with E-state index in [9.17, 15) is 9.59 Å². The molecule has 0 unspecified atom stereocenters. The number of carbonyl (C=O) groups excluding carboxylic acids is 1. The van der Waals surface area contributed by atoms with Crippen LogP contribution in [0.5, 0.6) is 0 Å². The Bertz CT molecular complexity index is 1080. The van der Waals surface area contributed by atoms with Gasteiger partial charge in [-0.2, -0.15) is 4.98 Å². The molecular formula is C20H23N5O2S2. The number of hydrogen-bond donors (Lipinski definition) is 1. The van der Waals surface area contributed by atoms with E-state index in [1.807, 2.05) is 31.2 Å². The highest BCUT2D eigenvalue weighted by Crippen LogP contribution is 2.29. The average molecular weight is 430 g/mol. The third kappa shape index (κ3) is 4.45. The van der Waals surface area contributed by atoms with Crippen LogP contribution >= 0.6 is 23.1 Å². The summed E-state index contributed by atoms with van der Waals surface area (Å²) in [5.74, 6) is 0.0989. The lowest BCUT2D eigenvalue weighted by atomic mass is 10.1. The highest BCUT2D eigenvalue weighted by Gasteiger charge is 2.20. The molecule has 1 aromatic carbocycles. The zero-order valence-corrected chi connectivity index (χ0v) is 18.1. The highest BCUT2D eigenvalue weighted by molar-refractivity contribution is 7.99. The van der Waals surface area contributed by atoms with Crippen LogP contribution < -0.4 is 15.8 Å². The topological polar surface area (TPSA) is 80.1 Å². The molecule has 29 heavy (non-hydrogen) atoms. The lowest BCUT2D eigenvalue weighted by Gasteiger charge is -2.11. The number of carbonyl (C=O) groups is 1. The fourth-order valence-electron chi connectivity index (χ4n) is 3.18. The zero-order chi connectivity index (χ0) is 20.4. The van der Waals surface area contributed by atoms with Crippen LogP contribution in [0.1, 0.15) is 24.0 Å². The van der Waals surface area contributed by atoms with Crippen molar-refractivity contribution >= 4 is 44.5 Å². The van der Waals surface area contributed by atoms with Gasteiger partial charge in [-0.1, -0.05) is 52.9 Å². The van der Waals surface area contributed by atoms with E-state index >= 15 is 0 Å². The summed E-state index contributed by atoms with van der Waals surface area (Å²) in [4.78, 5) is 36.3. The fourth-order valence-corrected chi connectivity index (χ4v) is 5.00. The van der Waals surface area contributed by atoms with Gasteiger partial charge in [0.15, 0.2) is 15.9 Å². The second kappa shape index (κ2) is 8.54. The predicted octanol–water partition coefficient (Wildman–Crippen LogP) is 2.71. The third-order valence-electron chi connectivity index (χ3n) is 4.90. The van der Waals surface area contributed by atoms with Crippen LogP contribution in [0.3, 0.4) is 0 Å². The van der Waals surface area contributed by atoms with Crippen molar-refractivity contribution in [1.29, 1.82) is 0 Å². The maximum Gasteiger partial charge on any atom is 0.273 e. The number of aryl methyl sites for hydroxylation is 1. The number of hydrogen-bond acceptors (Lipinski definition) is 7. The summed E-state index contributed by atoms with van der Waals surface area (Å²) in [6.45, 7) is 4.46. The number of anilines is 1. The number of rotatable bonds is 6. The predicted molar refractivity (Wildman–Crippen MR) is 118 cm³/mol. The van der Waals surface area contributed by atoms with Crippen LogP contribution in [0.2, 0.25) is 0 Å². The lowest BCUT2D eigenvalue weighted by molar-refractivity contribution is -0.118. The van der Waals surface area contributed by atoms with Crippen molar-refractivity contribution in [2.24, 2.45) is 7.05 Å². The maximum atomic E-state index is 12.7. The van der Waals surface area contributed by atoms with E-state index in [0.717, 1.165) is 36.6 Å². The molecule has 1 aliphatic heterocycles. The molecule has 1 fully saturated rings. The Morgan fingerprint density at radius 1 is 1.21 bits per heavy atom. The maximum absolute atomic E-state index is 12.7. The van der Waals surface area contributed by atoms with Gasteiger partial charge >= 0.3 is 0 Å². The molecular weight excluding hydrogens is 406 g/mol. The fraction of sp³-hybridized carbons (Fsp3) is 0.400. The molecule has 3 heterocycles. The van der Waals surface area contributed by atoms with E-state index in [1.54, 1.807) is 7.05 Å². The normalized spacial score (nSPS) is 13.9. The number of nitrogens with one attached hydrogen (secondary N) is 1. The molecule has 9 heteroatoms. The van der Waals surface area contributed by atoms with Gasteiger partial charge < -0.3 is 10.2 Å². The van der Waals surface area contributed by atoms with Crippen LogP contribution in [0.4, 0.5) is 5.13 Å².